The molecule has 7 nitrogen and oxygen atoms in total. The van der Waals surface area contributed by atoms with Gasteiger partial charge in [0.05, 0.1) is 25.3 Å². The summed E-state index contributed by atoms with van der Waals surface area (Å²) < 4.78 is 10.4. The van der Waals surface area contributed by atoms with Crippen LogP contribution in [0.25, 0.3) is 0 Å². The van der Waals surface area contributed by atoms with Crippen LogP contribution in [0.2, 0.25) is 0 Å². The van der Waals surface area contributed by atoms with Crippen LogP contribution in [0.15, 0.2) is 24.3 Å². The molecule has 1 aliphatic rings. The minimum Gasteiger partial charge on any atom is -0.462 e. The maximum Gasteiger partial charge on any atom is 0.410 e. The van der Waals surface area contributed by atoms with Gasteiger partial charge in [-0.25, -0.2) is 9.59 Å². The maximum absolute atomic E-state index is 12.7. The van der Waals surface area contributed by atoms with Crippen LogP contribution < -0.4 is 10.6 Å². The molecule has 0 radical (unpaired) electrons. The molecule has 1 aliphatic heterocycles. The van der Waals surface area contributed by atoms with Gasteiger partial charge < -0.3 is 25.0 Å². The van der Waals surface area contributed by atoms with E-state index < -0.39 is 0 Å². The first-order chi connectivity index (χ1) is 14.4. The number of anilines is 2. The van der Waals surface area contributed by atoms with Crippen LogP contribution in [0.1, 0.15) is 40.2 Å². The van der Waals surface area contributed by atoms with Crippen LogP contribution in [0.4, 0.5) is 15.5 Å². The average Bonchev–Trinajstić information content (AvgIpc) is 3.06. The van der Waals surface area contributed by atoms with Gasteiger partial charge in [0.1, 0.15) is 5.00 Å². The zero-order chi connectivity index (χ0) is 21.7. The zero-order valence-electron chi connectivity index (χ0n) is 17.2. The fraction of sp³-hybridized carbons (Fsp3) is 0.381. The molecule has 1 amide bonds. The molecular formula is C21H25N3O4S2. The van der Waals surface area contributed by atoms with Gasteiger partial charge in [-0.1, -0.05) is 17.7 Å². The van der Waals surface area contributed by atoms with E-state index in [1.54, 1.807) is 18.7 Å². The van der Waals surface area contributed by atoms with E-state index in [0.29, 0.717) is 41.8 Å². The number of hydrogen-bond acceptors (Lipinski definition) is 6. The number of benzene rings is 1. The number of rotatable bonds is 5. The van der Waals surface area contributed by atoms with E-state index in [-0.39, 0.29) is 18.7 Å². The number of aryl methyl sites for hydroxylation is 1. The molecule has 160 valence electrons. The Kier molecular flexibility index (Phi) is 7.28. The molecule has 0 aliphatic carbocycles. The highest BCUT2D eigenvalue weighted by Gasteiger charge is 2.31. The lowest BCUT2D eigenvalue weighted by Gasteiger charge is -2.26. The molecule has 0 saturated carbocycles. The second-order valence-electron chi connectivity index (χ2n) is 6.74. The topological polar surface area (TPSA) is 79.9 Å². The molecule has 2 heterocycles. The third-order valence-electron chi connectivity index (χ3n) is 4.60. The molecule has 0 saturated heterocycles. The van der Waals surface area contributed by atoms with Gasteiger partial charge in [-0.15, -0.1) is 11.3 Å². The van der Waals surface area contributed by atoms with Gasteiger partial charge in [-0.2, -0.15) is 0 Å². The molecule has 9 heteroatoms. The summed E-state index contributed by atoms with van der Waals surface area (Å²) in [5.41, 5.74) is 3.40. The van der Waals surface area contributed by atoms with Gasteiger partial charge in [0, 0.05) is 17.1 Å². The van der Waals surface area contributed by atoms with Crippen molar-refractivity contribution in [3.05, 3.63) is 45.8 Å². The van der Waals surface area contributed by atoms with Gasteiger partial charge in [0.25, 0.3) is 0 Å². The third-order valence-corrected chi connectivity index (χ3v) is 5.94. The Labute approximate surface area is 185 Å². The number of thiophene rings is 1. The number of thiocarbonyl (C=S) groups is 1. The monoisotopic (exact) mass is 447 g/mol. The number of nitrogens with one attached hydrogen (secondary N) is 2. The third kappa shape index (κ3) is 5.09. The van der Waals surface area contributed by atoms with Crippen molar-refractivity contribution in [2.24, 2.45) is 0 Å². The molecule has 0 fully saturated rings. The number of ether oxygens (including phenoxy) is 2. The lowest BCUT2D eigenvalue weighted by molar-refractivity contribution is 0.0526. The number of nitrogens with zero attached hydrogens (tertiary/aromatic N) is 1. The van der Waals surface area contributed by atoms with Crippen molar-refractivity contribution in [2.75, 3.05) is 30.4 Å². The van der Waals surface area contributed by atoms with E-state index >= 15 is 0 Å². The number of carbonyl (C=O) groups is 2. The summed E-state index contributed by atoms with van der Waals surface area (Å²) in [4.78, 5) is 27.4. The summed E-state index contributed by atoms with van der Waals surface area (Å²) in [5, 5.41) is 7.27. The summed E-state index contributed by atoms with van der Waals surface area (Å²) in [6.07, 6.45) is 0.207. The standard InChI is InChI=1S/C21H25N3O4S2/c1-4-27-19(25)17-15-10-11-24(21(26)28-5-2)12-16(15)30-18(17)23-20(29)22-14-8-6-13(3)7-9-14/h6-9H,4-5,10-12H2,1-3H3,(H2,22,23,29). The minimum absolute atomic E-state index is 0.282. The normalized spacial score (nSPS) is 12.7. The van der Waals surface area contributed by atoms with Gasteiger partial charge in [-0.3, -0.25) is 0 Å². The quantitative estimate of drug-likeness (QED) is 0.514. The molecule has 1 aromatic carbocycles. The molecule has 0 bridgehead atoms. The highest BCUT2D eigenvalue weighted by molar-refractivity contribution is 7.80. The number of amides is 1. The van der Waals surface area contributed by atoms with Crippen LogP contribution in [0, 0.1) is 6.92 Å². The zero-order valence-corrected chi connectivity index (χ0v) is 18.9. The highest BCUT2D eigenvalue weighted by Crippen LogP contribution is 2.38. The molecule has 3 rings (SSSR count). The van der Waals surface area contributed by atoms with E-state index in [4.69, 9.17) is 21.7 Å². The predicted molar refractivity (Wildman–Crippen MR) is 122 cm³/mol. The predicted octanol–water partition coefficient (Wildman–Crippen LogP) is 4.56. The van der Waals surface area contributed by atoms with Crippen molar-refractivity contribution < 1.29 is 19.1 Å². The lowest BCUT2D eigenvalue weighted by Crippen LogP contribution is -2.36. The summed E-state index contributed by atoms with van der Waals surface area (Å²) in [6.45, 7) is 7.06. The Balaban J connectivity index is 1.82. The molecule has 1 aromatic heterocycles. The molecule has 2 aromatic rings. The van der Waals surface area contributed by atoms with Crippen LogP contribution in [-0.4, -0.2) is 41.8 Å². The van der Waals surface area contributed by atoms with E-state index in [1.165, 1.54) is 11.3 Å². The fourth-order valence-electron chi connectivity index (χ4n) is 3.18. The Hall–Kier alpha value is -2.65. The van der Waals surface area contributed by atoms with Gasteiger partial charge in [0.15, 0.2) is 5.11 Å². The van der Waals surface area contributed by atoms with Crippen LogP contribution in [0.5, 0.6) is 0 Å². The second-order valence-corrected chi connectivity index (χ2v) is 8.26. The van der Waals surface area contributed by atoms with Crippen molar-refractivity contribution in [2.45, 2.75) is 33.7 Å². The lowest BCUT2D eigenvalue weighted by atomic mass is 10.0. The smallest absolute Gasteiger partial charge is 0.410 e. The molecule has 0 spiro atoms. The first-order valence-electron chi connectivity index (χ1n) is 9.80. The van der Waals surface area contributed by atoms with Crippen molar-refractivity contribution in [3.8, 4) is 0 Å². The summed E-state index contributed by atoms with van der Waals surface area (Å²) in [5.74, 6) is -0.389. The number of esters is 1. The first-order valence-corrected chi connectivity index (χ1v) is 11.0. The second kappa shape index (κ2) is 9.90. The van der Waals surface area contributed by atoms with Crippen molar-refractivity contribution in [1.82, 2.24) is 4.90 Å². The fourth-order valence-corrected chi connectivity index (χ4v) is 4.72. The molecule has 0 atom stereocenters. The molecule has 30 heavy (non-hydrogen) atoms. The van der Waals surface area contributed by atoms with E-state index in [2.05, 4.69) is 10.6 Å². The molecular weight excluding hydrogens is 422 g/mol. The van der Waals surface area contributed by atoms with Crippen LogP contribution in [0.3, 0.4) is 0 Å². The molecule has 0 unspecified atom stereocenters. The highest BCUT2D eigenvalue weighted by atomic mass is 32.1. The van der Waals surface area contributed by atoms with Crippen molar-refractivity contribution in [1.29, 1.82) is 0 Å². The number of hydrogen-bond donors (Lipinski definition) is 2. The van der Waals surface area contributed by atoms with E-state index in [9.17, 15) is 9.59 Å². The van der Waals surface area contributed by atoms with Gasteiger partial charge in [0.2, 0.25) is 0 Å². The van der Waals surface area contributed by atoms with Gasteiger partial charge >= 0.3 is 12.1 Å². The SMILES string of the molecule is CCOC(=O)c1c(NC(=S)Nc2ccc(C)cc2)sc2c1CCN(C(=O)OCC)C2. The van der Waals surface area contributed by atoms with E-state index in [1.807, 2.05) is 31.2 Å². The first kappa shape index (κ1) is 22.0. The maximum atomic E-state index is 12.7. The summed E-state index contributed by atoms with van der Waals surface area (Å²) in [6, 6.07) is 7.85. The van der Waals surface area contributed by atoms with E-state index in [0.717, 1.165) is 21.7 Å². The Bertz CT molecular complexity index is 940. The Morgan fingerprint density at radius 2 is 1.83 bits per heavy atom. The number of fused-ring (bicyclic) bond motifs is 1. The summed E-state index contributed by atoms with van der Waals surface area (Å²) in [7, 11) is 0. The Morgan fingerprint density at radius 1 is 1.13 bits per heavy atom. The Morgan fingerprint density at radius 3 is 2.50 bits per heavy atom. The average molecular weight is 448 g/mol. The minimum atomic E-state index is -0.389. The molecule has 2 N–H and O–H groups in total. The van der Waals surface area contributed by atoms with Crippen molar-refractivity contribution >= 4 is 51.4 Å². The largest absolute Gasteiger partial charge is 0.462 e. The van der Waals surface area contributed by atoms with Crippen LogP contribution in [-0.2, 0) is 22.4 Å². The van der Waals surface area contributed by atoms with Crippen LogP contribution >= 0.6 is 23.6 Å². The van der Waals surface area contributed by atoms with Gasteiger partial charge in [-0.05, 0) is 57.1 Å². The summed E-state index contributed by atoms with van der Waals surface area (Å²) >= 11 is 6.86. The number of carbonyl (C=O) groups excluding carboxylic acids is 2. The van der Waals surface area contributed by atoms with Crippen molar-refractivity contribution in [3.63, 3.8) is 0 Å².